The van der Waals surface area contributed by atoms with E-state index in [-0.39, 0.29) is 23.5 Å². The molecule has 0 radical (unpaired) electrons. The number of nitro benzene ring substituents is 2. The molecule has 9 heteroatoms. The van der Waals surface area contributed by atoms with E-state index < -0.39 is 27.1 Å². The third-order valence-corrected chi connectivity index (χ3v) is 3.63. The first kappa shape index (κ1) is 18.0. The van der Waals surface area contributed by atoms with Crippen molar-refractivity contribution in [1.29, 1.82) is 0 Å². The van der Waals surface area contributed by atoms with Crippen molar-refractivity contribution in [2.45, 2.75) is 13.3 Å². The first-order chi connectivity index (χ1) is 11.8. The maximum atomic E-state index is 12.8. The summed E-state index contributed by atoms with van der Waals surface area (Å²) in [6, 6.07) is 7.58. The number of halogens is 1. The average molecular weight is 347 g/mol. The molecule has 0 saturated carbocycles. The molecule has 0 aliphatic carbocycles. The number of rotatable bonds is 6. The van der Waals surface area contributed by atoms with Crippen LogP contribution in [0.4, 0.5) is 15.8 Å². The Kier molecular flexibility index (Phi) is 5.38. The Bertz CT molecular complexity index is 836. The Labute approximate surface area is 141 Å². The number of carbonyl (C=O) groups is 1. The fraction of sp³-hybridized carbons (Fsp3) is 0.188. The number of non-ortho nitro benzene ring substituents is 1. The lowest BCUT2D eigenvalue weighted by atomic mass is 10.0. The average Bonchev–Trinajstić information content (AvgIpc) is 2.56. The summed E-state index contributed by atoms with van der Waals surface area (Å²) in [5, 5.41) is 24.5. The van der Waals surface area contributed by atoms with Crippen LogP contribution in [0.3, 0.4) is 0 Å². The number of nitrogens with one attached hydrogen (secondary N) is 1. The van der Waals surface area contributed by atoms with Gasteiger partial charge >= 0.3 is 0 Å². The summed E-state index contributed by atoms with van der Waals surface area (Å²) in [5.41, 5.74) is -0.294. The van der Waals surface area contributed by atoms with E-state index in [0.29, 0.717) is 6.42 Å². The predicted octanol–water partition coefficient (Wildman–Crippen LogP) is 2.92. The molecule has 0 spiro atoms. The van der Waals surface area contributed by atoms with Crippen LogP contribution in [0.2, 0.25) is 0 Å². The highest BCUT2D eigenvalue weighted by atomic mass is 19.1. The van der Waals surface area contributed by atoms with E-state index in [2.05, 4.69) is 5.32 Å². The summed E-state index contributed by atoms with van der Waals surface area (Å²) < 4.78 is 12.8. The van der Waals surface area contributed by atoms with Crippen LogP contribution < -0.4 is 5.32 Å². The third kappa shape index (κ3) is 4.34. The molecule has 2 rings (SSSR count). The number of benzene rings is 2. The Hall–Kier alpha value is -3.36. The molecule has 25 heavy (non-hydrogen) atoms. The second-order valence-electron chi connectivity index (χ2n) is 5.28. The van der Waals surface area contributed by atoms with Crippen LogP contribution in [0, 0.1) is 33.0 Å². The predicted molar refractivity (Wildman–Crippen MR) is 86.9 cm³/mol. The zero-order chi connectivity index (χ0) is 18.6. The summed E-state index contributed by atoms with van der Waals surface area (Å²) in [5.74, 6) is -1.02. The van der Waals surface area contributed by atoms with E-state index in [1.807, 2.05) is 0 Å². The summed E-state index contributed by atoms with van der Waals surface area (Å²) >= 11 is 0. The molecule has 0 heterocycles. The van der Waals surface area contributed by atoms with Gasteiger partial charge in [0.25, 0.3) is 17.3 Å². The van der Waals surface area contributed by atoms with E-state index in [4.69, 9.17) is 0 Å². The van der Waals surface area contributed by atoms with Crippen molar-refractivity contribution in [3.05, 3.63) is 79.1 Å². The van der Waals surface area contributed by atoms with Crippen molar-refractivity contribution < 1.29 is 19.0 Å². The van der Waals surface area contributed by atoms with E-state index in [0.717, 1.165) is 17.7 Å². The smallest absolute Gasteiger partial charge is 0.279 e. The molecule has 8 nitrogen and oxygen atoms in total. The lowest BCUT2D eigenvalue weighted by Gasteiger charge is -2.08. The molecule has 0 unspecified atom stereocenters. The number of nitro groups is 2. The van der Waals surface area contributed by atoms with Crippen molar-refractivity contribution in [2.24, 2.45) is 0 Å². The van der Waals surface area contributed by atoms with E-state index >= 15 is 0 Å². The fourth-order valence-corrected chi connectivity index (χ4v) is 2.28. The van der Waals surface area contributed by atoms with Crippen LogP contribution >= 0.6 is 0 Å². The van der Waals surface area contributed by atoms with Gasteiger partial charge < -0.3 is 5.32 Å². The molecule has 0 bridgehead atoms. The molecule has 1 amide bonds. The summed E-state index contributed by atoms with van der Waals surface area (Å²) in [4.78, 5) is 32.6. The molecule has 2 aromatic carbocycles. The number of nitrogens with zero attached hydrogens (tertiary/aromatic N) is 2. The van der Waals surface area contributed by atoms with E-state index in [9.17, 15) is 29.4 Å². The lowest BCUT2D eigenvalue weighted by molar-refractivity contribution is -0.394. The Morgan fingerprint density at radius 1 is 1.12 bits per heavy atom. The van der Waals surface area contributed by atoms with Crippen LogP contribution in [0.15, 0.2) is 36.4 Å². The van der Waals surface area contributed by atoms with Crippen molar-refractivity contribution in [3.8, 4) is 0 Å². The minimum absolute atomic E-state index is 0.0508. The number of carbonyl (C=O) groups excluding carboxylic acids is 1. The molecule has 2 aromatic rings. The van der Waals surface area contributed by atoms with Crippen LogP contribution in [-0.4, -0.2) is 22.3 Å². The normalized spacial score (nSPS) is 10.3. The molecule has 0 atom stereocenters. The van der Waals surface area contributed by atoms with Gasteiger partial charge in [-0.3, -0.25) is 25.0 Å². The lowest BCUT2D eigenvalue weighted by Crippen LogP contribution is -2.26. The monoisotopic (exact) mass is 347 g/mol. The van der Waals surface area contributed by atoms with Gasteiger partial charge in [0.05, 0.1) is 21.5 Å². The Morgan fingerprint density at radius 3 is 2.32 bits per heavy atom. The zero-order valence-electron chi connectivity index (χ0n) is 13.2. The SMILES string of the molecule is Cc1c(C(=O)NCCc2ccc(F)cc2)cc([N+](=O)[O-])cc1[N+](=O)[O-]. The van der Waals surface area contributed by atoms with Gasteiger partial charge in [-0.15, -0.1) is 0 Å². The summed E-state index contributed by atoms with van der Waals surface area (Å²) in [6.45, 7) is 1.55. The van der Waals surface area contributed by atoms with Gasteiger partial charge in [0.2, 0.25) is 0 Å². The number of amides is 1. The minimum atomic E-state index is -0.790. The Balaban J connectivity index is 2.16. The second kappa shape index (κ2) is 7.47. The molecule has 0 fully saturated rings. The molecule has 0 saturated heterocycles. The zero-order valence-corrected chi connectivity index (χ0v) is 13.2. The topological polar surface area (TPSA) is 115 Å². The van der Waals surface area contributed by atoms with Gasteiger partial charge in [-0.25, -0.2) is 4.39 Å². The molecule has 0 aliphatic heterocycles. The Morgan fingerprint density at radius 2 is 1.76 bits per heavy atom. The highest BCUT2D eigenvalue weighted by molar-refractivity contribution is 5.97. The van der Waals surface area contributed by atoms with Gasteiger partial charge in [-0.2, -0.15) is 0 Å². The van der Waals surface area contributed by atoms with Crippen molar-refractivity contribution in [2.75, 3.05) is 6.54 Å². The molecule has 0 aliphatic rings. The maximum absolute atomic E-state index is 12.8. The third-order valence-electron chi connectivity index (χ3n) is 3.63. The summed E-state index contributed by atoms with van der Waals surface area (Å²) in [6.07, 6.45) is 0.419. The standard InChI is InChI=1S/C16H14FN3O5/c1-10-14(8-13(19(22)23)9-15(10)20(24)25)16(21)18-7-6-11-2-4-12(17)5-3-11/h2-5,8-9H,6-7H2,1H3,(H,18,21). The quantitative estimate of drug-likeness (QED) is 0.637. The maximum Gasteiger partial charge on any atom is 0.279 e. The van der Waals surface area contributed by atoms with Crippen molar-refractivity contribution in [1.82, 2.24) is 5.32 Å². The van der Waals surface area contributed by atoms with Gasteiger partial charge in [0.15, 0.2) is 0 Å². The van der Waals surface area contributed by atoms with Crippen LogP contribution in [0.25, 0.3) is 0 Å². The van der Waals surface area contributed by atoms with E-state index in [1.54, 1.807) is 12.1 Å². The van der Waals surface area contributed by atoms with Crippen LogP contribution in [-0.2, 0) is 6.42 Å². The van der Waals surface area contributed by atoms with Gasteiger partial charge in [-0.1, -0.05) is 12.1 Å². The largest absolute Gasteiger partial charge is 0.352 e. The fourth-order valence-electron chi connectivity index (χ4n) is 2.28. The minimum Gasteiger partial charge on any atom is -0.352 e. The first-order valence-corrected chi connectivity index (χ1v) is 7.25. The molecule has 0 aromatic heterocycles. The summed E-state index contributed by atoms with van der Waals surface area (Å²) in [7, 11) is 0. The molecule has 1 N–H and O–H groups in total. The molecular formula is C16H14FN3O5. The van der Waals surface area contributed by atoms with Gasteiger partial charge in [0.1, 0.15) is 5.82 Å². The van der Waals surface area contributed by atoms with Gasteiger partial charge in [-0.05, 0) is 31.0 Å². The number of hydrogen-bond acceptors (Lipinski definition) is 5. The molecular weight excluding hydrogens is 333 g/mol. The van der Waals surface area contributed by atoms with Crippen LogP contribution in [0.5, 0.6) is 0 Å². The van der Waals surface area contributed by atoms with Crippen molar-refractivity contribution in [3.63, 3.8) is 0 Å². The second-order valence-corrected chi connectivity index (χ2v) is 5.28. The van der Waals surface area contributed by atoms with E-state index in [1.165, 1.54) is 19.1 Å². The first-order valence-electron chi connectivity index (χ1n) is 7.25. The number of hydrogen-bond donors (Lipinski definition) is 1. The highest BCUT2D eigenvalue weighted by Gasteiger charge is 2.24. The molecule has 130 valence electrons. The van der Waals surface area contributed by atoms with Gasteiger partial charge in [0, 0.05) is 18.2 Å². The highest BCUT2D eigenvalue weighted by Crippen LogP contribution is 2.27. The van der Waals surface area contributed by atoms with Crippen LogP contribution in [0.1, 0.15) is 21.5 Å². The van der Waals surface area contributed by atoms with Crippen molar-refractivity contribution >= 4 is 17.3 Å².